The molecule has 0 fully saturated rings. The van der Waals surface area contributed by atoms with E-state index in [2.05, 4.69) is 0 Å². The first-order chi connectivity index (χ1) is 11.0. The van der Waals surface area contributed by atoms with Crippen LogP contribution in [0.5, 0.6) is 5.75 Å². The number of ether oxygens (including phenoxy) is 1. The molecule has 6 heteroatoms. The van der Waals surface area contributed by atoms with E-state index >= 15 is 0 Å². The largest absolute Gasteiger partial charge is 0.488 e. The average molecular weight is 325 g/mol. The Balaban J connectivity index is 1.88. The second-order valence-corrected chi connectivity index (χ2v) is 5.16. The zero-order valence-electron chi connectivity index (χ0n) is 12.6. The topological polar surface area (TPSA) is 31.2 Å². The summed E-state index contributed by atoms with van der Waals surface area (Å²) in [6, 6.07) is 12.4. The highest BCUT2D eigenvalue weighted by Crippen LogP contribution is 2.22. The average Bonchev–Trinajstić information content (AvgIpc) is 2.52. The van der Waals surface area contributed by atoms with Crippen LogP contribution in [0.4, 0.5) is 13.2 Å². The fraction of sp³-hybridized carbons (Fsp3) is 0.353. The number of para-hydroxylation sites is 1. The highest BCUT2D eigenvalue weighted by molar-refractivity contribution is 5.34. The molecule has 3 nitrogen and oxygen atoms in total. The normalized spacial score (nSPS) is 11.4. The van der Waals surface area contributed by atoms with Gasteiger partial charge in [-0.15, -0.1) is 0 Å². The van der Waals surface area contributed by atoms with Gasteiger partial charge in [0.15, 0.2) is 5.75 Å². The number of aromatic nitrogens is 1. The number of halogens is 3. The van der Waals surface area contributed by atoms with E-state index in [-0.39, 0.29) is 24.3 Å². The lowest BCUT2D eigenvalue weighted by Gasteiger charge is -2.10. The zero-order valence-corrected chi connectivity index (χ0v) is 12.6. The van der Waals surface area contributed by atoms with Crippen LogP contribution in [0.2, 0.25) is 0 Å². The minimum absolute atomic E-state index is 0.0793. The van der Waals surface area contributed by atoms with E-state index in [0.717, 1.165) is 5.69 Å². The van der Waals surface area contributed by atoms with Crippen LogP contribution < -0.4 is 10.3 Å². The molecule has 1 aromatic carbocycles. The molecule has 0 saturated carbocycles. The van der Waals surface area contributed by atoms with E-state index in [9.17, 15) is 18.0 Å². The number of rotatable bonds is 7. The molecule has 0 saturated heterocycles. The number of alkyl halides is 3. The summed E-state index contributed by atoms with van der Waals surface area (Å²) in [5, 5.41) is 0. The van der Waals surface area contributed by atoms with Crippen molar-refractivity contribution in [3.05, 3.63) is 59.0 Å². The van der Waals surface area contributed by atoms with Crippen molar-refractivity contribution in [2.75, 3.05) is 6.61 Å². The molecule has 0 aliphatic heterocycles. The predicted molar refractivity (Wildman–Crippen MR) is 82.1 cm³/mol. The minimum Gasteiger partial charge on any atom is -0.488 e. The summed E-state index contributed by atoms with van der Waals surface area (Å²) in [7, 11) is 0. The highest BCUT2D eigenvalue weighted by Gasteiger charge is 2.25. The summed E-state index contributed by atoms with van der Waals surface area (Å²) in [6.45, 7) is 0.228. The monoisotopic (exact) mass is 325 g/mol. The molecule has 0 atom stereocenters. The number of nitrogens with zero attached hydrogens (tertiary/aromatic N) is 1. The van der Waals surface area contributed by atoms with Crippen LogP contribution in [-0.4, -0.2) is 17.4 Å². The SMILES string of the molecule is O=c1c(OCCCCCC(F)(F)F)cccn1-c1ccccc1. The van der Waals surface area contributed by atoms with Crippen molar-refractivity contribution in [1.82, 2.24) is 4.57 Å². The van der Waals surface area contributed by atoms with E-state index in [1.807, 2.05) is 30.3 Å². The molecule has 2 aromatic rings. The molecule has 1 heterocycles. The van der Waals surface area contributed by atoms with Gasteiger partial charge >= 0.3 is 6.18 Å². The fourth-order valence-electron chi connectivity index (χ4n) is 2.16. The molecule has 1 aromatic heterocycles. The van der Waals surface area contributed by atoms with E-state index in [1.165, 1.54) is 4.57 Å². The number of unbranched alkanes of at least 4 members (excludes halogenated alkanes) is 2. The number of hydrogen-bond donors (Lipinski definition) is 0. The molecular formula is C17H18F3NO2. The van der Waals surface area contributed by atoms with Gasteiger partial charge in [0, 0.05) is 18.3 Å². The summed E-state index contributed by atoms with van der Waals surface area (Å²) in [5.74, 6) is 0.201. The quantitative estimate of drug-likeness (QED) is 0.709. The van der Waals surface area contributed by atoms with E-state index in [4.69, 9.17) is 4.74 Å². The Bertz CT molecular complexity index is 666. The Hall–Kier alpha value is -2.24. The van der Waals surface area contributed by atoms with Crippen LogP contribution in [0.3, 0.4) is 0 Å². The van der Waals surface area contributed by atoms with Crippen molar-refractivity contribution in [2.24, 2.45) is 0 Å². The summed E-state index contributed by atoms with van der Waals surface area (Å²) in [4.78, 5) is 12.3. The molecule has 0 N–H and O–H groups in total. The molecule has 0 unspecified atom stereocenters. The van der Waals surface area contributed by atoms with Gasteiger partial charge in [0.1, 0.15) is 0 Å². The smallest absolute Gasteiger partial charge is 0.389 e. The zero-order chi connectivity index (χ0) is 16.7. The molecule has 23 heavy (non-hydrogen) atoms. The Labute approximate surface area is 132 Å². The third-order valence-electron chi connectivity index (χ3n) is 3.31. The van der Waals surface area contributed by atoms with Crippen LogP contribution >= 0.6 is 0 Å². The lowest BCUT2D eigenvalue weighted by Crippen LogP contribution is -2.20. The van der Waals surface area contributed by atoms with Crippen molar-refractivity contribution in [3.63, 3.8) is 0 Å². The summed E-state index contributed by atoms with van der Waals surface area (Å²) in [6.07, 6.45) is -2.26. The molecule has 0 aliphatic carbocycles. The van der Waals surface area contributed by atoms with Crippen LogP contribution in [0.1, 0.15) is 25.7 Å². The van der Waals surface area contributed by atoms with E-state index < -0.39 is 12.6 Å². The predicted octanol–water partition coefficient (Wildman–Crippen LogP) is 4.34. The maximum absolute atomic E-state index is 12.3. The maximum Gasteiger partial charge on any atom is 0.389 e. The van der Waals surface area contributed by atoms with Crippen molar-refractivity contribution in [2.45, 2.75) is 31.9 Å². The second-order valence-electron chi connectivity index (χ2n) is 5.16. The van der Waals surface area contributed by atoms with Gasteiger partial charge in [-0.2, -0.15) is 13.2 Å². The molecule has 0 amide bonds. The van der Waals surface area contributed by atoms with Crippen molar-refractivity contribution in [1.29, 1.82) is 0 Å². The van der Waals surface area contributed by atoms with Gasteiger partial charge < -0.3 is 4.74 Å². The standard InChI is InChI=1S/C17H18F3NO2/c18-17(19,20)11-5-2-6-13-23-15-10-7-12-21(16(15)22)14-8-3-1-4-9-14/h1,3-4,7-10,12H,2,5-6,11,13H2. The number of hydrogen-bond acceptors (Lipinski definition) is 2. The molecule has 0 radical (unpaired) electrons. The second kappa shape index (κ2) is 7.85. The Morgan fingerprint density at radius 1 is 0.957 bits per heavy atom. The van der Waals surface area contributed by atoms with E-state index in [0.29, 0.717) is 12.8 Å². The fourth-order valence-corrected chi connectivity index (χ4v) is 2.16. The number of benzene rings is 1. The van der Waals surface area contributed by atoms with Gasteiger partial charge in [-0.1, -0.05) is 18.2 Å². The van der Waals surface area contributed by atoms with Gasteiger partial charge in [-0.3, -0.25) is 9.36 Å². The molecule has 2 rings (SSSR count). The lowest BCUT2D eigenvalue weighted by molar-refractivity contribution is -0.135. The van der Waals surface area contributed by atoms with Gasteiger partial charge in [0.25, 0.3) is 5.56 Å². The Morgan fingerprint density at radius 2 is 1.70 bits per heavy atom. The van der Waals surface area contributed by atoms with Crippen LogP contribution in [0, 0.1) is 0 Å². The summed E-state index contributed by atoms with van der Waals surface area (Å²) < 4.78 is 42.9. The molecule has 0 aliphatic rings. The van der Waals surface area contributed by atoms with Crippen molar-refractivity contribution in [3.8, 4) is 11.4 Å². The number of pyridine rings is 1. The minimum atomic E-state index is -4.11. The molecular weight excluding hydrogens is 307 g/mol. The first-order valence-corrected chi connectivity index (χ1v) is 7.44. The highest BCUT2D eigenvalue weighted by atomic mass is 19.4. The summed E-state index contributed by atoms with van der Waals surface area (Å²) in [5.41, 5.74) is 0.446. The third-order valence-corrected chi connectivity index (χ3v) is 3.31. The van der Waals surface area contributed by atoms with Crippen LogP contribution in [-0.2, 0) is 0 Å². The van der Waals surface area contributed by atoms with E-state index in [1.54, 1.807) is 18.3 Å². The lowest BCUT2D eigenvalue weighted by atomic mass is 10.2. The first kappa shape index (κ1) is 17.1. The first-order valence-electron chi connectivity index (χ1n) is 7.44. The van der Waals surface area contributed by atoms with Gasteiger partial charge in [-0.25, -0.2) is 0 Å². The molecule has 0 bridgehead atoms. The Morgan fingerprint density at radius 3 is 2.39 bits per heavy atom. The maximum atomic E-state index is 12.3. The van der Waals surface area contributed by atoms with Gasteiger partial charge in [0.2, 0.25) is 0 Å². The molecule has 124 valence electrons. The van der Waals surface area contributed by atoms with Crippen molar-refractivity contribution < 1.29 is 17.9 Å². The van der Waals surface area contributed by atoms with Crippen molar-refractivity contribution >= 4 is 0 Å². The van der Waals surface area contributed by atoms with Gasteiger partial charge in [0.05, 0.1) is 6.61 Å². The van der Waals surface area contributed by atoms with Crippen LogP contribution in [0.15, 0.2) is 53.5 Å². The van der Waals surface area contributed by atoms with Gasteiger partial charge in [-0.05, 0) is 43.5 Å². The van der Waals surface area contributed by atoms with Crippen LogP contribution in [0.25, 0.3) is 5.69 Å². The summed E-state index contributed by atoms with van der Waals surface area (Å²) >= 11 is 0. The third kappa shape index (κ3) is 5.47. The molecule has 0 spiro atoms. The Kier molecular flexibility index (Phi) is 5.84.